The molecule has 0 radical (unpaired) electrons. The highest BCUT2D eigenvalue weighted by molar-refractivity contribution is 14.0. The van der Waals surface area contributed by atoms with Crippen molar-refractivity contribution < 1.29 is 0 Å². The number of thiazole rings is 1. The number of rotatable bonds is 8. The molecule has 8 heteroatoms. The molecule has 2 N–H and O–H groups in total. The molecule has 0 fully saturated rings. The predicted molar refractivity (Wildman–Crippen MR) is 131 cm³/mol. The van der Waals surface area contributed by atoms with E-state index in [0.717, 1.165) is 43.3 Å². The Kier molecular flexibility index (Phi) is 9.59. The van der Waals surface area contributed by atoms with Gasteiger partial charge in [-0.05, 0) is 26.3 Å². The summed E-state index contributed by atoms with van der Waals surface area (Å²) in [6.07, 6.45) is 4.84. The zero-order chi connectivity index (χ0) is 19.8. The van der Waals surface area contributed by atoms with E-state index in [9.17, 15) is 0 Å². The highest BCUT2D eigenvalue weighted by Gasteiger charge is 2.05. The summed E-state index contributed by atoms with van der Waals surface area (Å²) < 4.78 is 1.95. The molecule has 3 aromatic rings. The molecular formula is C21H29IN6S. The fraction of sp³-hybridized carbons (Fsp3) is 0.381. The maximum absolute atomic E-state index is 4.68. The number of hydrogen-bond acceptors (Lipinski definition) is 4. The molecular weight excluding hydrogens is 495 g/mol. The van der Waals surface area contributed by atoms with Crippen molar-refractivity contribution in [1.82, 2.24) is 25.4 Å². The van der Waals surface area contributed by atoms with Gasteiger partial charge in [-0.2, -0.15) is 5.10 Å². The molecule has 0 saturated heterocycles. The maximum atomic E-state index is 4.68. The van der Waals surface area contributed by atoms with E-state index in [1.54, 1.807) is 11.3 Å². The molecule has 2 aromatic heterocycles. The van der Waals surface area contributed by atoms with E-state index >= 15 is 0 Å². The number of nitrogens with zero attached hydrogens (tertiary/aromatic N) is 4. The standard InChI is InChI=1S/C21H28N6S.HI/c1-4-22-21(23-11-10-20-26-16(2)17(3)28-20)24-12-19-13-25-27(15-19)14-18-8-6-5-7-9-18;/h5-9,13,15H,4,10-12,14H2,1-3H3,(H2,22,23,24);1H. The quantitative estimate of drug-likeness (QED) is 0.266. The number of aliphatic imine (C=N–C) groups is 1. The van der Waals surface area contributed by atoms with Crippen molar-refractivity contribution in [3.05, 3.63) is 69.4 Å². The molecule has 0 unspecified atom stereocenters. The number of aromatic nitrogens is 3. The first-order valence-corrected chi connectivity index (χ1v) is 10.5. The number of benzene rings is 1. The summed E-state index contributed by atoms with van der Waals surface area (Å²) in [5, 5.41) is 12.3. The van der Waals surface area contributed by atoms with Gasteiger partial charge in [0.15, 0.2) is 5.96 Å². The summed E-state index contributed by atoms with van der Waals surface area (Å²) in [6.45, 7) is 9.26. The summed E-state index contributed by atoms with van der Waals surface area (Å²) in [5.41, 5.74) is 3.47. The van der Waals surface area contributed by atoms with Crippen molar-refractivity contribution in [2.24, 2.45) is 4.99 Å². The fourth-order valence-electron chi connectivity index (χ4n) is 2.79. The molecule has 0 saturated carbocycles. The van der Waals surface area contributed by atoms with Gasteiger partial charge in [0.05, 0.1) is 30.0 Å². The average molecular weight is 524 g/mol. The van der Waals surface area contributed by atoms with E-state index in [2.05, 4.69) is 64.8 Å². The zero-order valence-electron chi connectivity index (χ0n) is 17.2. The van der Waals surface area contributed by atoms with Crippen molar-refractivity contribution in [1.29, 1.82) is 0 Å². The average Bonchev–Trinajstić information content (AvgIpc) is 3.26. The van der Waals surface area contributed by atoms with E-state index in [4.69, 9.17) is 0 Å². The maximum Gasteiger partial charge on any atom is 0.191 e. The highest BCUT2D eigenvalue weighted by atomic mass is 127. The minimum absolute atomic E-state index is 0. The third kappa shape index (κ3) is 7.43. The second-order valence-corrected chi connectivity index (χ2v) is 7.94. The zero-order valence-corrected chi connectivity index (χ0v) is 20.3. The Morgan fingerprint density at radius 1 is 1.14 bits per heavy atom. The topological polar surface area (TPSA) is 67.1 Å². The van der Waals surface area contributed by atoms with Crippen molar-refractivity contribution in [3.63, 3.8) is 0 Å². The van der Waals surface area contributed by atoms with Crippen LogP contribution in [0.4, 0.5) is 0 Å². The lowest BCUT2D eigenvalue weighted by molar-refractivity contribution is 0.686. The van der Waals surface area contributed by atoms with Gasteiger partial charge in [0.25, 0.3) is 0 Å². The molecule has 0 bridgehead atoms. The van der Waals surface area contributed by atoms with E-state index in [1.807, 2.05) is 29.1 Å². The Morgan fingerprint density at radius 2 is 1.93 bits per heavy atom. The largest absolute Gasteiger partial charge is 0.357 e. The first kappa shape index (κ1) is 23.3. The van der Waals surface area contributed by atoms with Gasteiger partial charge < -0.3 is 10.6 Å². The summed E-state index contributed by atoms with van der Waals surface area (Å²) in [5.74, 6) is 0.823. The summed E-state index contributed by atoms with van der Waals surface area (Å²) in [7, 11) is 0. The molecule has 0 aliphatic rings. The van der Waals surface area contributed by atoms with Crippen LogP contribution in [0.15, 0.2) is 47.7 Å². The van der Waals surface area contributed by atoms with Gasteiger partial charge in [-0.15, -0.1) is 35.3 Å². The van der Waals surface area contributed by atoms with Crippen LogP contribution in [0, 0.1) is 13.8 Å². The van der Waals surface area contributed by atoms with Gasteiger partial charge in [0, 0.05) is 36.1 Å². The summed E-state index contributed by atoms with van der Waals surface area (Å²) >= 11 is 1.77. The lowest BCUT2D eigenvalue weighted by Crippen LogP contribution is -2.38. The van der Waals surface area contributed by atoms with E-state index in [0.29, 0.717) is 6.54 Å². The molecule has 3 rings (SSSR count). The van der Waals surface area contributed by atoms with Crippen molar-refractivity contribution in [3.8, 4) is 0 Å². The Bertz CT molecular complexity index is 884. The highest BCUT2D eigenvalue weighted by Crippen LogP contribution is 2.16. The van der Waals surface area contributed by atoms with Crippen LogP contribution < -0.4 is 10.6 Å². The molecule has 0 amide bonds. The Labute approximate surface area is 193 Å². The third-order valence-corrected chi connectivity index (χ3v) is 5.47. The molecule has 0 spiro atoms. The van der Waals surface area contributed by atoms with Gasteiger partial charge >= 0.3 is 0 Å². The molecule has 29 heavy (non-hydrogen) atoms. The minimum Gasteiger partial charge on any atom is -0.357 e. The smallest absolute Gasteiger partial charge is 0.191 e. The van der Waals surface area contributed by atoms with Gasteiger partial charge in [-0.1, -0.05) is 30.3 Å². The SMILES string of the molecule is CCNC(=NCc1cnn(Cc2ccccc2)c1)NCCc1nc(C)c(C)s1.I. The number of aryl methyl sites for hydroxylation is 2. The van der Waals surface area contributed by atoms with Gasteiger partial charge in [0.1, 0.15) is 0 Å². The van der Waals surface area contributed by atoms with Crippen LogP contribution in [0.3, 0.4) is 0 Å². The van der Waals surface area contributed by atoms with Crippen LogP contribution >= 0.6 is 35.3 Å². The summed E-state index contributed by atoms with van der Waals surface area (Å²) in [4.78, 5) is 10.6. The van der Waals surface area contributed by atoms with E-state index in [1.165, 1.54) is 15.4 Å². The molecule has 0 aliphatic heterocycles. The van der Waals surface area contributed by atoms with E-state index < -0.39 is 0 Å². The Balaban J connectivity index is 0.00000300. The van der Waals surface area contributed by atoms with Gasteiger partial charge in [-0.25, -0.2) is 9.98 Å². The second-order valence-electron chi connectivity index (χ2n) is 6.65. The predicted octanol–water partition coefficient (Wildman–Crippen LogP) is 3.92. The molecule has 0 atom stereocenters. The van der Waals surface area contributed by atoms with Crippen molar-refractivity contribution >= 4 is 41.3 Å². The fourth-order valence-corrected chi connectivity index (χ4v) is 3.72. The molecule has 0 aliphatic carbocycles. The van der Waals surface area contributed by atoms with Crippen LogP contribution in [0.25, 0.3) is 0 Å². The molecule has 6 nitrogen and oxygen atoms in total. The third-order valence-electron chi connectivity index (χ3n) is 4.34. The lowest BCUT2D eigenvalue weighted by Gasteiger charge is -2.10. The summed E-state index contributed by atoms with van der Waals surface area (Å²) in [6, 6.07) is 10.3. The number of hydrogen-bond donors (Lipinski definition) is 2. The first-order valence-electron chi connectivity index (χ1n) is 9.64. The number of nitrogens with one attached hydrogen (secondary N) is 2. The normalized spacial score (nSPS) is 11.2. The Hall–Kier alpha value is -1.94. The van der Waals surface area contributed by atoms with Gasteiger partial charge in [-0.3, -0.25) is 4.68 Å². The van der Waals surface area contributed by atoms with Crippen molar-refractivity contribution in [2.75, 3.05) is 13.1 Å². The Morgan fingerprint density at radius 3 is 2.62 bits per heavy atom. The van der Waals surface area contributed by atoms with Gasteiger partial charge in [0.2, 0.25) is 0 Å². The number of guanidine groups is 1. The molecule has 156 valence electrons. The van der Waals surface area contributed by atoms with Crippen molar-refractivity contribution in [2.45, 2.75) is 40.3 Å². The molecule has 2 heterocycles. The van der Waals surface area contributed by atoms with Crippen LogP contribution in [0.5, 0.6) is 0 Å². The van der Waals surface area contributed by atoms with Crippen LogP contribution in [-0.4, -0.2) is 33.8 Å². The van der Waals surface area contributed by atoms with Crippen LogP contribution in [-0.2, 0) is 19.5 Å². The monoisotopic (exact) mass is 524 g/mol. The first-order chi connectivity index (χ1) is 13.6. The molecule has 1 aromatic carbocycles. The van der Waals surface area contributed by atoms with Crippen LogP contribution in [0.2, 0.25) is 0 Å². The van der Waals surface area contributed by atoms with Crippen LogP contribution in [0.1, 0.15) is 33.6 Å². The second kappa shape index (κ2) is 11.9. The number of halogens is 1. The van der Waals surface area contributed by atoms with E-state index in [-0.39, 0.29) is 24.0 Å². The minimum atomic E-state index is 0. The lowest BCUT2D eigenvalue weighted by atomic mass is 10.2.